The smallest absolute Gasteiger partial charge is 0.242 e. The maximum atomic E-state index is 5.52. The lowest BCUT2D eigenvalue weighted by Gasteiger charge is -1.96. The van der Waals surface area contributed by atoms with Crippen LogP contribution in [-0.4, -0.2) is 20.1 Å². The van der Waals surface area contributed by atoms with Gasteiger partial charge >= 0.3 is 0 Å². The molecule has 0 bridgehead atoms. The molecule has 0 atom stereocenters. The Kier molecular flexibility index (Phi) is 1.54. The highest BCUT2D eigenvalue weighted by Crippen LogP contribution is 2.13. The molecule has 0 fully saturated rings. The topological polar surface area (TPSA) is 82.8 Å². The van der Waals surface area contributed by atoms with E-state index in [9.17, 15) is 0 Å². The molecule has 2 aromatic rings. The van der Waals surface area contributed by atoms with Crippen LogP contribution >= 0.6 is 0 Å². The van der Waals surface area contributed by atoms with E-state index in [-0.39, 0.29) is 5.82 Å². The number of hydrogen-bond acceptors (Lipinski definition) is 5. The first-order valence-corrected chi connectivity index (χ1v) is 3.80. The molecular formula is C7H9N5O. The largest absolute Gasteiger partial charge is 0.378 e. The molecule has 0 unspecified atom stereocenters. The first kappa shape index (κ1) is 7.78. The van der Waals surface area contributed by atoms with Crippen LogP contribution in [-0.2, 0) is 0 Å². The van der Waals surface area contributed by atoms with Crippen molar-refractivity contribution in [1.29, 1.82) is 0 Å². The fourth-order valence-electron chi connectivity index (χ4n) is 1.18. The molecule has 0 spiro atoms. The molecule has 0 aliphatic heterocycles. The zero-order chi connectivity index (χ0) is 9.42. The second-order valence-electron chi connectivity index (χ2n) is 2.81. The van der Waals surface area contributed by atoms with Crippen LogP contribution in [0.15, 0.2) is 10.7 Å². The van der Waals surface area contributed by atoms with Crippen LogP contribution in [0.5, 0.6) is 0 Å². The Morgan fingerprint density at radius 3 is 2.62 bits per heavy atom. The second-order valence-corrected chi connectivity index (χ2v) is 2.81. The Labute approximate surface area is 74.3 Å². The number of nitrogens with zero attached hydrogens (tertiary/aromatic N) is 4. The highest BCUT2D eigenvalue weighted by molar-refractivity contribution is 5.44. The molecule has 6 heteroatoms. The normalized spacial score (nSPS) is 10.6. The van der Waals surface area contributed by atoms with Crippen molar-refractivity contribution in [1.82, 2.24) is 20.1 Å². The summed E-state index contributed by atoms with van der Waals surface area (Å²) in [6, 6.07) is 1.92. The molecule has 2 heterocycles. The van der Waals surface area contributed by atoms with Gasteiger partial charge in [0, 0.05) is 5.69 Å². The summed E-state index contributed by atoms with van der Waals surface area (Å²) >= 11 is 0. The van der Waals surface area contributed by atoms with Gasteiger partial charge in [0.2, 0.25) is 11.6 Å². The van der Waals surface area contributed by atoms with Crippen molar-refractivity contribution in [3.63, 3.8) is 0 Å². The summed E-state index contributed by atoms with van der Waals surface area (Å²) in [7, 11) is 0. The van der Waals surface area contributed by atoms with Gasteiger partial charge in [0.15, 0.2) is 0 Å². The molecule has 13 heavy (non-hydrogen) atoms. The third kappa shape index (κ3) is 1.16. The minimum atomic E-state index is 0.242. The second kappa shape index (κ2) is 2.58. The highest BCUT2D eigenvalue weighted by Gasteiger charge is 2.11. The van der Waals surface area contributed by atoms with Gasteiger partial charge < -0.3 is 5.73 Å². The monoisotopic (exact) mass is 179 g/mol. The van der Waals surface area contributed by atoms with Crippen molar-refractivity contribution in [2.45, 2.75) is 13.8 Å². The van der Waals surface area contributed by atoms with E-state index in [0.29, 0.717) is 5.82 Å². The predicted octanol–water partition coefficient (Wildman–Crippen LogP) is 0.454. The van der Waals surface area contributed by atoms with Crippen molar-refractivity contribution in [3.05, 3.63) is 17.5 Å². The minimum absolute atomic E-state index is 0.242. The van der Waals surface area contributed by atoms with Crippen LogP contribution in [0, 0.1) is 13.8 Å². The number of nitrogens with two attached hydrogens (primary N) is 1. The van der Waals surface area contributed by atoms with E-state index >= 15 is 0 Å². The molecular weight excluding hydrogens is 170 g/mol. The molecule has 6 nitrogen and oxygen atoms in total. The van der Waals surface area contributed by atoms with Gasteiger partial charge in [0.05, 0.1) is 5.69 Å². The Balaban J connectivity index is 2.58. The van der Waals surface area contributed by atoms with Crippen LogP contribution in [0.1, 0.15) is 11.4 Å². The summed E-state index contributed by atoms with van der Waals surface area (Å²) in [5.74, 6) is 0.678. The molecule has 0 aliphatic carbocycles. The molecule has 2 N–H and O–H groups in total. The summed E-state index contributed by atoms with van der Waals surface area (Å²) in [6.45, 7) is 3.81. The zero-order valence-electron chi connectivity index (χ0n) is 7.35. The van der Waals surface area contributed by atoms with E-state index in [1.54, 1.807) is 4.68 Å². The lowest BCUT2D eigenvalue weighted by Crippen LogP contribution is -2.02. The van der Waals surface area contributed by atoms with Gasteiger partial charge in [0.25, 0.3) is 0 Å². The van der Waals surface area contributed by atoms with Crippen LogP contribution in [0.3, 0.4) is 0 Å². The van der Waals surface area contributed by atoms with Crippen molar-refractivity contribution in [2.24, 2.45) is 0 Å². The lowest BCUT2D eigenvalue weighted by molar-refractivity contribution is 0.307. The number of aryl methyl sites for hydroxylation is 2. The minimum Gasteiger partial charge on any atom is -0.378 e. The third-order valence-electron chi connectivity index (χ3n) is 1.71. The van der Waals surface area contributed by atoms with E-state index in [2.05, 4.69) is 20.0 Å². The van der Waals surface area contributed by atoms with Crippen molar-refractivity contribution in [2.75, 3.05) is 5.73 Å². The number of aromatic nitrogens is 4. The quantitative estimate of drug-likeness (QED) is 0.687. The molecule has 68 valence electrons. The van der Waals surface area contributed by atoms with E-state index in [4.69, 9.17) is 5.73 Å². The van der Waals surface area contributed by atoms with Crippen LogP contribution in [0.2, 0.25) is 0 Å². The number of rotatable bonds is 1. The number of anilines is 1. The first-order chi connectivity index (χ1) is 6.18. The third-order valence-corrected chi connectivity index (χ3v) is 1.71. The van der Waals surface area contributed by atoms with Gasteiger partial charge in [0.1, 0.15) is 0 Å². The average molecular weight is 179 g/mol. The van der Waals surface area contributed by atoms with Crippen molar-refractivity contribution < 1.29 is 4.63 Å². The number of hydrogen-bond donors (Lipinski definition) is 1. The molecule has 2 rings (SSSR count). The Bertz CT molecular complexity index is 430. The summed E-state index contributed by atoms with van der Waals surface area (Å²) in [5.41, 5.74) is 7.37. The van der Waals surface area contributed by atoms with Gasteiger partial charge in [-0.2, -0.15) is 5.10 Å². The maximum Gasteiger partial charge on any atom is 0.242 e. The first-order valence-electron chi connectivity index (χ1n) is 3.80. The van der Waals surface area contributed by atoms with Crippen molar-refractivity contribution in [3.8, 4) is 5.82 Å². The molecule has 0 amide bonds. The molecule has 0 radical (unpaired) electrons. The average Bonchev–Trinajstić information content (AvgIpc) is 2.58. The Hall–Kier alpha value is -1.85. The van der Waals surface area contributed by atoms with E-state index in [1.807, 2.05) is 19.9 Å². The molecule has 0 aliphatic rings. The highest BCUT2D eigenvalue weighted by atomic mass is 16.6. The fourth-order valence-corrected chi connectivity index (χ4v) is 1.18. The fraction of sp³-hybridized carbons (Fsp3) is 0.286. The molecule has 0 saturated heterocycles. The molecule has 0 aromatic carbocycles. The summed E-state index contributed by atoms with van der Waals surface area (Å²) < 4.78 is 6.08. The predicted molar refractivity (Wildman–Crippen MR) is 45.3 cm³/mol. The number of nitrogen functional groups attached to an aromatic ring is 1. The SMILES string of the molecule is Cc1cc(C)n(-c2nonc2N)n1. The van der Waals surface area contributed by atoms with Crippen molar-refractivity contribution >= 4 is 5.82 Å². The van der Waals surface area contributed by atoms with Crippen LogP contribution < -0.4 is 5.73 Å². The van der Waals surface area contributed by atoms with E-state index in [0.717, 1.165) is 11.4 Å². The van der Waals surface area contributed by atoms with Gasteiger partial charge in [-0.15, -0.1) is 0 Å². The van der Waals surface area contributed by atoms with Gasteiger partial charge in [-0.3, -0.25) is 0 Å². The van der Waals surface area contributed by atoms with E-state index < -0.39 is 0 Å². The summed E-state index contributed by atoms with van der Waals surface area (Å²) in [5, 5.41) is 11.3. The Morgan fingerprint density at radius 1 is 1.38 bits per heavy atom. The lowest BCUT2D eigenvalue weighted by atomic mass is 10.4. The maximum absolute atomic E-state index is 5.52. The zero-order valence-corrected chi connectivity index (χ0v) is 7.35. The standard InChI is InChI=1S/C7H9N5O/c1-4-3-5(2)12(9-4)7-6(8)10-13-11-7/h3H,1-2H3,(H2,8,10). The van der Waals surface area contributed by atoms with Crippen LogP contribution in [0.4, 0.5) is 5.82 Å². The van der Waals surface area contributed by atoms with Gasteiger partial charge in [-0.25, -0.2) is 9.31 Å². The summed E-state index contributed by atoms with van der Waals surface area (Å²) in [4.78, 5) is 0. The van der Waals surface area contributed by atoms with Gasteiger partial charge in [-0.05, 0) is 30.2 Å². The van der Waals surface area contributed by atoms with Gasteiger partial charge in [-0.1, -0.05) is 0 Å². The Morgan fingerprint density at radius 2 is 2.15 bits per heavy atom. The van der Waals surface area contributed by atoms with Crippen LogP contribution in [0.25, 0.3) is 5.82 Å². The molecule has 0 saturated carbocycles. The molecule has 2 aromatic heterocycles. The summed E-state index contributed by atoms with van der Waals surface area (Å²) in [6.07, 6.45) is 0. The van der Waals surface area contributed by atoms with E-state index in [1.165, 1.54) is 0 Å².